The number of hydrazone groups is 1. The van der Waals surface area contributed by atoms with Crippen LogP contribution in [0.25, 0.3) is 0 Å². The normalized spacial score (nSPS) is 11.7. The number of Topliss-reactive ketones (excluding diaryl/α,β-unsaturated/α-hetero) is 1. The third kappa shape index (κ3) is 13.9. The van der Waals surface area contributed by atoms with Gasteiger partial charge >= 0.3 is 17.9 Å². The van der Waals surface area contributed by atoms with E-state index in [2.05, 4.69) is 16.3 Å². The second kappa shape index (κ2) is 14.1. The Morgan fingerprint density at radius 2 is 1.61 bits per heavy atom. The summed E-state index contributed by atoms with van der Waals surface area (Å²) >= 11 is 0. The summed E-state index contributed by atoms with van der Waals surface area (Å²) < 4.78 is 0. The van der Waals surface area contributed by atoms with E-state index in [0.717, 1.165) is 0 Å². The van der Waals surface area contributed by atoms with E-state index in [9.17, 15) is 24.0 Å². The Balaban J connectivity index is -0.000000302. The Morgan fingerprint density at radius 3 is 1.91 bits per heavy atom. The fraction of sp³-hybridized carbons (Fsp3) is 0.455. The Labute approximate surface area is 130 Å². The average molecular weight is 337 g/mol. The van der Waals surface area contributed by atoms with Gasteiger partial charge in [0.2, 0.25) is 11.7 Å². The molecule has 0 aromatic carbocycles. The lowest BCUT2D eigenvalue weighted by molar-refractivity contribution is -0.149. The molecule has 0 atom stereocenters. The van der Waals surface area contributed by atoms with Crippen molar-refractivity contribution >= 4 is 35.3 Å². The molecule has 0 aromatic rings. The summed E-state index contributed by atoms with van der Waals surface area (Å²) in [5, 5.41) is 27.6. The van der Waals surface area contributed by atoms with Crippen LogP contribution in [-0.2, 0) is 24.0 Å². The summed E-state index contributed by atoms with van der Waals surface area (Å²) in [7, 11) is 1.50. The highest BCUT2D eigenvalue weighted by Crippen LogP contribution is 1.98. The molecule has 1 amide bonds. The molecule has 0 radical (unpaired) electrons. The number of rotatable bonds is 5. The fourth-order valence-electron chi connectivity index (χ4n) is 0.956. The minimum atomic E-state index is -1.58. The van der Waals surface area contributed by atoms with Gasteiger partial charge in [-0.25, -0.2) is 15.0 Å². The van der Waals surface area contributed by atoms with Gasteiger partial charge in [-0.2, -0.15) is 5.10 Å². The van der Waals surface area contributed by atoms with E-state index in [1.165, 1.54) is 7.05 Å². The predicted molar refractivity (Wildman–Crippen MR) is 75.7 cm³/mol. The summed E-state index contributed by atoms with van der Waals surface area (Å²) in [6, 6.07) is 0. The van der Waals surface area contributed by atoms with E-state index in [-0.39, 0.29) is 29.9 Å². The van der Waals surface area contributed by atoms with Crippen LogP contribution in [0.2, 0.25) is 0 Å². The monoisotopic (exact) mass is 337 g/mol. The number of carboxylic acid groups (broad SMARTS) is 3. The quantitative estimate of drug-likeness (QED) is 0.336. The lowest BCUT2D eigenvalue weighted by atomic mass is 10.2. The highest BCUT2D eigenvalue weighted by molar-refractivity contribution is 6.36. The lowest BCUT2D eigenvalue weighted by Gasteiger charge is -2.06. The number of nitrogens with two attached hydrogens (primary N) is 1. The van der Waals surface area contributed by atoms with Crippen LogP contribution < -0.4 is 11.2 Å². The Bertz CT molecular complexity index is 473. The molecule has 12 nitrogen and oxygen atoms in total. The minimum absolute atomic E-state index is 0. The molecular formula is C11H19N3O9. The van der Waals surface area contributed by atoms with Crippen LogP contribution >= 0.6 is 0 Å². The summed E-state index contributed by atoms with van der Waals surface area (Å²) in [6.07, 6.45) is -0.428. The van der Waals surface area contributed by atoms with E-state index in [4.69, 9.17) is 15.3 Å². The molecule has 0 aliphatic carbocycles. The van der Waals surface area contributed by atoms with Crippen molar-refractivity contribution in [2.75, 3.05) is 7.05 Å². The van der Waals surface area contributed by atoms with Crippen LogP contribution in [0.3, 0.4) is 0 Å². The summed E-state index contributed by atoms with van der Waals surface area (Å²) in [6.45, 7) is 0. The number of nitrogens with one attached hydrogen (secondary N) is 1. The molecule has 0 saturated carbocycles. The highest BCUT2D eigenvalue weighted by atomic mass is 16.4. The van der Waals surface area contributed by atoms with Gasteiger partial charge in [0.25, 0.3) is 0 Å². The van der Waals surface area contributed by atoms with Crippen LogP contribution in [-0.4, -0.2) is 63.2 Å². The maximum absolute atomic E-state index is 10.4. The van der Waals surface area contributed by atoms with Gasteiger partial charge in [-0.3, -0.25) is 14.4 Å². The van der Waals surface area contributed by atoms with Crippen molar-refractivity contribution in [1.82, 2.24) is 5.43 Å². The number of carbonyl (C=O) groups excluding carboxylic acids is 2. The number of carbonyl (C=O) groups is 5. The maximum Gasteiger partial charge on any atom is 0.372 e. The Kier molecular flexibility index (Phi) is 15.4. The van der Waals surface area contributed by atoms with Gasteiger partial charge in [0.05, 0.1) is 6.42 Å². The molecule has 1 aliphatic heterocycles. The first-order valence-corrected chi connectivity index (χ1v) is 5.88. The number of hydrogen-bond donors (Lipinski definition) is 5. The molecule has 0 fully saturated rings. The first-order chi connectivity index (χ1) is 10.2. The fourth-order valence-corrected chi connectivity index (χ4v) is 0.956. The van der Waals surface area contributed by atoms with Gasteiger partial charge in [0, 0.05) is 19.3 Å². The first kappa shape index (κ1) is 25.1. The molecule has 0 spiro atoms. The lowest BCUT2D eigenvalue weighted by Crippen LogP contribution is -2.29. The molecule has 0 aromatic heterocycles. The zero-order chi connectivity index (χ0) is 17.7. The van der Waals surface area contributed by atoms with Gasteiger partial charge in [-0.1, -0.05) is 0 Å². The number of aliphatic carboxylic acids is 3. The zero-order valence-electron chi connectivity index (χ0n) is 12.2. The third-order valence-corrected chi connectivity index (χ3v) is 1.96. The molecule has 23 heavy (non-hydrogen) atoms. The summed E-state index contributed by atoms with van der Waals surface area (Å²) in [4.78, 5) is 50.3. The molecule has 8 N–H and O–H groups in total. The molecule has 1 rings (SSSR count). The van der Waals surface area contributed by atoms with Crippen molar-refractivity contribution in [2.45, 2.75) is 25.7 Å². The second-order valence-corrected chi connectivity index (χ2v) is 3.52. The summed E-state index contributed by atoms with van der Waals surface area (Å²) in [5.74, 6) is -5.12. The maximum atomic E-state index is 10.4. The number of nitrogens with zero attached hydrogens (tertiary/aromatic N) is 1. The zero-order valence-corrected chi connectivity index (χ0v) is 12.2. The number of amides is 1. The van der Waals surface area contributed by atoms with Gasteiger partial charge in [0.15, 0.2) is 0 Å². The molecule has 1 aliphatic rings. The van der Waals surface area contributed by atoms with Crippen molar-refractivity contribution in [3.8, 4) is 0 Å². The third-order valence-electron chi connectivity index (χ3n) is 1.96. The molecule has 1 heterocycles. The highest BCUT2D eigenvalue weighted by Gasteiger charge is 2.16. The number of hydrogen-bond acceptors (Lipinski definition) is 7. The smallest absolute Gasteiger partial charge is 0.372 e. The van der Waals surface area contributed by atoms with Crippen molar-refractivity contribution in [3.05, 3.63) is 0 Å². The van der Waals surface area contributed by atoms with Gasteiger partial charge in [-0.05, 0) is 7.05 Å². The molecular weight excluding hydrogens is 318 g/mol. The largest absolute Gasteiger partial charge is 0.481 e. The second-order valence-electron chi connectivity index (χ2n) is 3.52. The minimum Gasteiger partial charge on any atom is -0.481 e. The van der Waals surface area contributed by atoms with Crippen molar-refractivity contribution in [1.29, 1.82) is 0 Å². The van der Waals surface area contributed by atoms with Crippen LogP contribution in [0.15, 0.2) is 5.10 Å². The van der Waals surface area contributed by atoms with E-state index in [1.807, 2.05) is 0 Å². The molecule has 132 valence electrons. The first-order valence-electron chi connectivity index (χ1n) is 5.88. The van der Waals surface area contributed by atoms with E-state index in [0.29, 0.717) is 0 Å². The van der Waals surface area contributed by atoms with E-state index in [1.54, 1.807) is 0 Å². The van der Waals surface area contributed by atoms with Crippen molar-refractivity contribution in [2.24, 2.45) is 10.8 Å². The van der Waals surface area contributed by atoms with Gasteiger partial charge in [-0.15, -0.1) is 0 Å². The van der Waals surface area contributed by atoms with E-state index >= 15 is 0 Å². The van der Waals surface area contributed by atoms with Crippen LogP contribution in [0.5, 0.6) is 0 Å². The summed E-state index contributed by atoms with van der Waals surface area (Å²) in [5.41, 5.74) is 6.60. The topological polar surface area (TPSA) is 228 Å². The van der Waals surface area contributed by atoms with Crippen LogP contribution in [0.1, 0.15) is 25.7 Å². The van der Waals surface area contributed by atoms with Crippen molar-refractivity contribution in [3.63, 3.8) is 0 Å². The predicted octanol–water partition coefficient (Wildman–Crippen LogP) is -2.41. The van der Waals surface area contributed by atoms with Gasteiger partial charge < -0.3 is 26.5 Å². The molecule has 0 bridgehead atoms. The molecule has 0 unspecified atom stereocenters. The SMILES string of the molecule is CN.O.O=C(O)CCC(=O)C(=O)O.O=C1CCC(C(=O)O)=NN1. The van der Waals surface area contributed by atoms with E-state index < -0.39 is 36.5 Å². The van der Waals surface area contributed by atoms with Crippen LogP contribution in [0.4, 0.5) is 0 Å². The Hall–Kier alpha value is -2.86. The van der Waals surface area contributed by atoms with Crippen LogP contribution in [0, 0.1) is 0 Å². The van der Waals surface area contributed by atoms with Gasteiger partial charge in [0.1, 0.15) is 5.71 Å². The standard InChI is InChI=1S/C5H6N2O3.C5H6O5.CH5N.H2O/c8-4-2-1-3(5(9)10)6-7-4;6-3(5(9)10)1-2-4(7)8;1-2;/h2*1-2H2,(H,7,8)(H,9,10);2H2,1H3;1H2. The number of ketones is 1. The average Bonchev–Trinajstić information content (AvgIpc) is 2.47. The Morgan fingerprint density at radius 1 is 1.09 bits per heavy atom. The molecule has 12 heteroatoms. The molecule has 0 saturated heterocycles. The van der Waals surface area contributed by atoms with Crippen molar-refractivity contribution < 1.29 is 44.8 Å². The number of carboxylic acids is 3.